The molecule has 0 aromatic heterocycles. The first kappa shape index (κ1) is 12.2. The first-order valence-electron chi connectivity index (χ1n) is 6.03. The summed E-state index contributed by atoms with van der Waals surface area (Å²) in [5, 5.41) is 6.41. The van der Waals surface area contributed by atoms with E-state index in [1.54, 1.807) is 0 Å². The summed E-state index contributed by atoms with van der Waals surface area (Å²) in [6, 6.07) is 0.584. The molecule has 2 rings (SSSR count). The molecule has 16 heavy (non-hydrogen) atoms. The Morgan fingerprint density at radius 3 is 3.19 bits per heavy atom. The van der Waals surface area contributed by atoms with E-state index in [0.29, 0.717) is 19.1 Å². The van der Waals surface area contributed by atoms with Crippen molar-refractivity contribution in [3.05, 3.63) is 0 Å². The summed E-state index contributed by atoms with van der Waals surface area (Å²) in [6.45, 7) is 2.28. The molecule has 2 heterocycles. The van der Waals surface area contributed by atoms with E-state index < -0.39 is 0 Å². The Kier molecular flexibility index (Phi) is 4.93. The molecule has 2 atom stereocenters. The predicted molar refractivity (Wildman–Crippen MR) is 65.7 cm³/mol. The van der Waals surface area contributed by atoms with Gasteiger partial charge in [-0.15, -0.1) is 0 Å². The van der Waals surface area contributed by atoms with E-state index in [2.05, 4.69) is 10.6 Å². The molecule has 0 spiro atoms. The lowest BCUT2D eigenvalue weighted by Crippen LogP contribution is -2.46. The molecule has 2 unspecified atom stereocenters. The van der Waals surface area contributed by atoms with Crippen LogP contribution in [0.3, 0.4) is 0 Å². The van der Waals surface area contributed by atoms with Gasteiger partial charge in [0.25, 0.3) is 0 Å². The van der Waals surface area contributed by atoms with Gasteiger partial charge in [-0.25, -0.2) is 0 Å². The van der Waals surface area contributed by atoms with Crippen LogP contribution < -0.4 is 10.6 Å². The molecule has 0 radical (unpaired) electrons. The molecule has 2 fully saturated rings. The third-order valence-electron chi connectivity index (χ3n) is 2.96. The van der Waals surface area contributed by atoms with Gasteiger partial charge in [0.15, 0.2) is 0 Å². The maximum Gasteiger partial charge on any atom is 0.221 e. The van der Waals surface area contributed by atoms with E-state index >= 15 is 0 Å². The maximum atomic E-state index is 11.8. The van der Waals surface area contributed by atoms with Crippen LogP contribution in [0, 0.1) is 0 Å². The number of hydrogen-bond acceptors (Lipinski definition) is 4. The third-order valence-corrected chi connectivity index (χ3v) is 4.17. The number of thioether (sulfide) groups is 1. The van der Waals surface area contributed by atoms with E-state index in [0.717, 1.165) is 25.3 Å². The number of amides is 1. The van der Waals surface area contributed by atoms with Crippen molar-refractivity contribution < 1.29 is 9.53 Å². The SMILES string of the molecule is O=C(CC1COCCN1)NC1CCCSC1. The van der Waals surface area contributed by atoms with Crippen molar-refractivity contribution >= 4 is 17.7 Å². The summed E-state index contributed by atoms with van der Waals surface area (Å²) < 4.78 is 5.33. The van der Waals surface area contributed by atoms with Gasteiger partial charge >= 0.3 is 0 Å². The number of hydrogen-bond donors (Lipinski definition) is 2. The molecule has 2 N–H and O–H groups in total. The standard InChI is InChI=1S/C11H20N2O2S/c14-11(6-10-7-15-4-3-12-10)13-9-2-1-5-16-8-9/h9-10,12H,1-8H2,(H,13,14). The summed E-state index contributed by atoms with van der Waals surface area (Å²) in [5.74, 6) is 2.47. The van der Waals surface area contributed by atoms with Crippen LogP contribution in [-0.4, -0.2) is 49.3 Å². The molecule has 0 bridgehead atoms. The van der Waals surface area contributed by atoms with Crippen molar-refractivity contribution in [3.8, 4) is 0 Å². The molecule has 0 aromatic carbocycles. The van der Waals surface area contributed by atoms with Crippen LogP contribution in [-0.2, 0) is 9.53 Å². The monoisotopic (exact) mass is 244 g/mol. The van der Waals surface area contributed by atoms with Gasteiger partial charge in [-0.3, -0.25) is 4.79 Å². The molecular weight excluding hydrogens is 224 g/mol. The van der Waals surface area contributed by atoms with Gasteiger partial charge in [-0.2, -0.15) is 11.8 Å². The van der Waals surface area contributed by atoms with E-state index in [4.69, 9.17) is 4.74 Å². The van der Waals surface area contributed by atoms with Crippen LogP contribution in [0.25, 0.3) is 0 Å². The van der Waals surface area contributed by atoms with Crippen LogP contribution in [0.5, 0.6) is 0 Å². The predicted octanol–water partition coefficient (Wildman–Crippen LogP) is 0.377. The highest BCUT2D eigenvalue weighted by molar-refractivity contribution is 7.99. The van der Waals surface area contributed by atoms with Crippen LogP contribution in [0.1, 0.15) is 19.3 Å². The Bertz CT molecular complexity index is 204. The highest BCUT2D eigenvalue weighted by Gasteiger charge is 2.20. The molecule has 2 saturated heterocycles. The zero-order valence-corrected chi connectivity index (χ0v) is 10.4. The first-order chi connectivity index (χ1) is 7.84. The minimum atomic E-state index is 0.163. The van der Waals surface area contributed by atoms with Gasteiger partial charge in [0.1, 0.15) is 0 Å². The summed E-state index contributed by atoms with van der Waals surface area (Å²) in [4.78, 5) is 11.8. The fraction of sp³-hybridized carbons (Fsp3) is 0.909. The highest BCUT2D eigenvalue weighted by Crippen LogP contribution is 2.17. The van der Waals surface area contributed by atoms with E-state index in [-0.39, 0.29) is 11.9 Å². The smallest absolute Gasteiger partial charge is 0.221 e. The summed E-state index contributed by atoms with van der Waals surface area (Å²) in [6.07, 6.45) is 2.90. The van der Waals surface area contributed by atoms with Crippen molar-refractivity contribution in [1.29, 1.82) is 0 Å². The zero-order chi connectivity index (χ0) is 11.2. The lowest BCUT2D eigenvalue weighted by molar-refractivity contribution is -0.122. The molecule has 5 heteroatoms. The quantitative estimate of drug-likeness (QED) is 0.753. The number of rotatable bonds is 3. The van der Waals surface area contributed by atoms with Crippen LogP contribution >= 0.6 is 11.8 Å². The van der Waals surface area contributed by atoms with Gasteiger partial charge in [0, 0.05) is 30.8 Å². The molecule has 2 aliphatic heterocycles. The maximum absolute atomic E-state index is 11.8. The molecule has 92 valence electrons. The van der Waals surface area contributed by atoms with Crippen molar-refractivity contribution in [2.45, 2.75) is 31.3 Å². The topological polar surface area (TPSA) is 50.4 Å². The molecule has 0 aromatic rings. The number of ether oxygens (including phenoxy) is 1. The van der Waals surface area contributed by atoms with Gasteiger partial charge in [-0.1, -0.05) is 0 Å². The minimum absolute atomic E-state index is 0.163. The number of morpholine rings is 1. The molecule has 4 nitrogen and oxygen atoms in total. The van der Waals surface area contributed by atoms with E-state index in [1.165, 1.54) is 12.2 Å². The third kappa shape index (κ3) is 3.96. The van der Waals surface area contributed by atoms with Crippen LogP contribution in [0.4, 0.5) is 0 Å². The first-order valence-corrected chi connectivity index (χ1v) is 7.18. The number of carbonyl (C=O) groups is 1. The Labute approximate surface area is 101 Å². The lowest BCUT2D eigenvalue weighted by Gasteiger charge is -2.26. The molecule has 2 aliphatic rings. The Morgan fingerprint density at radius 1 is 1.56 bits per heavy atom. The minimum Gasteiger partial charge on any atom is -0.378 e. The van der Waals surface area contributed by atoms with Crippen molar-refractivity contribution in [1.82, 2.24) is 10.6 Å². The highest BCUT2D eigenvalue weighted by atomic mass is 32.2. The molecule has 1 amide bonds. The van der Waals surface area contributed by atoms with Crippen LogP contribution in [0.15, 0.2) is 0 Å². The van der Waals surface area contributed by atoms with Gasteiger partial charge in [0.05, 0.1) is 13.2 Å². The van der Waals surface area contributed by atoms with E-state index in [1.807, 2.05) is 11.8 Å². The number of nitrogens with one attached hydrogen (secondary N) is 2. The Balaban J connectivity index is 1.66. The van der Waals surface area contributed by atoms with E-state index in [9.17, 15) is 4.79 Å². The fourth-order valence-corrected chi connectivity index (χ4v) is 3.19. The largest absolute Gasteiger partial charge is 0.378 e. The normalized spacial score (nSPS) is 31.0. The Hall–Kier alpha value is -0.260. The second-order valence-corrected chi connectivity index (χ2v) is 5.56. The van der Waals surface area contributed by atoms with Crippen molar-refractivity contribution in [3.63, 3.8) is 0 Å². The summed E-state index contributed by atoms with van der Waals surface area (Å²) in [7, 11) is 0. The molecular formula is C11H20N2O2S. The second-order valence-electron chi connectivity index (χ2n) is 4.41. The Morgan fingerprint density at radius 2 is 2.50 bits per heavy atom. The zero-order valence-electron chi connectivity index (χ0n) is 9.54. The van der Waals surface area contributed by atoms with Crippen molar-refractivity contribution in [2.24, 2.45) is 0 Å². The average molecular weight is 244 g/mol. The van der Waals surface area contributed by atoms with Gasteiger partial charge < -0.3 is 15.4 Å². The van der Waals surface area contributed by atoms with Gasteiger partial charge in [0.2, 0.25) is 5.91 Å². The van der Waals surface area contributed by atoms with Gasteiger partial charge in [-0.05, 0) is 18.6 Å². The summed E-state index contributed by atoms with van der Waals surface area (Å²) in [5.41, 5.74) is 0. The summed E-state index contributed by atoms with van der Waals surface area (Å²) >= 11 is 1.94. The molecule has 0 aliphatic carbocycles. The molecule has 0 saturated carbocycles. The second kappa shape index (κ2) is 6.47. The lowest BCUT2D eigenvalue weighted by atomic mass is 10.1. The fourth-order valence-electron chi connectivity index (χ4n) is 2.12. The average Bonchev–Trinajstić information content (AvgIpc) is 2.31. The van der Waals surface area contributed by atoms with Crippen molar-refractivity contribution in [2.75, 3.05) is 31.3 Å². The number of carbonyl (C=O) groups excluding carboxylic acids is 1. The van der Waals surface area contributed by atoms with Crippen LogP contribution in [0.2, 0.25) is 0 Å².